The van der Waals surface area contributed by atoms with E-state index in [9.17, 15) is 0 Å². The lowest BCUT2D eigenvalue weighted by Crippen LogP contribution is -2.45. The first kappa shape index (κ1) is 12.9. The smallest absolute Gasteiger partial charge is 0.0246 e. The third kappa shape index (κ3) is 8.26. The van der Waals surface area contributed by atoms with Gasteiger partial charge in [0.15, 0.2) is 0 Å². The molecule has 0 aromatic rings. The van der Waals surface area contributed by atoms with Crippen LogP contribution in [0.3, 0.4) is 0 Å². The molecule has 0 rings (SSSR count). The van der Waals surface area contributed by atoms with E-state index < -0.39 is 0 Å². The van der Waals surface area contributed by atoms with E-state index in [2.05, 4.69) is 38.3 Å². The fourth-order valence-corrected chi connectivity index (χ4v) is 1.12. The SMILES string of the molecule is CNC(C)(C)CNCCCC(C)C. The minimum absolute atomic E-state index is 0.220. The molecule has 0 unspecified atom stereocenters. The Kier molecular flexibility index (Phi) is 6.35. The average molecular weight is 186 g/mol. The summed E-state index contributed by atoms with van der Waals surface area (Å²) in [5.41, 5.74) is 0.220. The third-order valence-corrected chi connectivity index (χ3v) is 2.38. The zero-order valence-corrected chi connectivity index (χ0v) is 9.91. The number of hydrogen-bond acceptors (Lipinski definition) is 2. The largest absolute Gasteiger partial charge is 0.315 e. The quantitative estimate of drug-likeness (QED) is 0.594. The molecule has 0 radical (unpaired) electrons. The monoisotopic (exact) mass is 186 g/mol. The Balaban J connectivity index is 3.26. The van der Waals surface area contributed by atoms with Crippen molar-refractivity contribution in [1.29, 1.82) is 0 Å². The van der Waals surface area contributed by atoms with Gasteiger partial charge in [0.1, 0.15) is 0 Å². The van der Waals surface area contributed by atoms with E-state index in [1.54, 1.807) is 0 Å². The molecule has 2 heteroatoms. The summed E-state index contributed by atoms with van der Waals surface area (Å²) < 4.78 is 0. The van der Waals surface area contributed by atoms with Crippen molar-refractivity contribution in [2.24, 2.45) is 5.92 Å². The number of likely N-dealkylation sites (N-methyl/N-ethyl adjacent to an activating group) is 1. The standard InChI is InChI=1S/C11H26N2/c1-10(2)7-6-8-13-9-11(3,4)12-5/h10,12-13H,6-9H2,1-5H3. The summed E-state index contributed by atoms with van der Waals surface area (Å²) in [4.78, 5) is 0. The number of hydrogen-bond donors (Lipinski definition) is 2. The molecule has 2 nitrogen and oxygen atoms in total. The van der Waals surface area contributed by atoms with Crippen LogP contribution in [0.2, 0.25) is 0 Å². The average Bonchev–Trinajstić information content (AvgIpc) is 2.03. The molecule has 0 heterocycles. The topological polar surface area (TPSA) is 24.1 Å². The molecule has 0 aliphatic heterocycles. The second kappa shape index (κ2) is 6.39. The highest BCUT2D eigenvalue weighted by Gasteiger charge is 2.12. The molecular weight excluding hydrogens is 160 g/mol. The first-order chi connectivity index (χ1) is 5.98. The fourth-order valence-electron chi connectivity index (χ4n) is 1.12. The summed E-state index contributed by atoms with van der Waals surface area (Å²) in [5, 5.41) is 6.75. The Morgan fingerprint density at radius 2 is 1.85 bits per heavy atom. The molecular formula is C11H26N2. The van der Waals surface area contributed by atoms with Gasteiger partial charge in [-0.1, -0.05) is 13.8 Å². The molecule has 0 fully saturated rings. The van der Waals surface area contributed by atoms with Crippen LogP contribution in [-0.4, -0.2) is 25.7 Å². The molecule has 0 spiro atoms. The van der Waals surface area contributed by atoms with Crippen LogP contribution in [-0.2, 0) is 0 Å². The zero-order chi connectivity index (χ0) is 10.3. The molecule has 0 aromatic carbocycles. The maximum absolute atomic E-state index is 3.47. The van der Waals surface area contributed by atoms with E-state index in [-0.39, 0.29) is 5.54 Å². The van der Waals surface area contributed by atoms with Crippen LogP contribution in [0.1, 0.15) is 40.5 Å². The Morgan fingerprint density at radius 1 is 1.23 bits per heavy atom. The third-order valence-electron chi connectivity index (χ3n) is 2.38. The lowest BCUT2D eigenvalue weighted by molar-refractivity contribution is 0.388. The zero-order valence-electron chi connectivity index (χ0n) is 9.91. The molecule has 0 saturated carbocycles. The van der Waals surface area contributed by atoms with E-state index in [1.807, 2.05) is 7.05 Å². The first-order valence-corrected chi connectivity index (χ1v) is 5.37. The van der Waals surface area contributed by atoms with Crippen LogP contribution >= 0.6 is 0 Å². The van der Waals surface area contributed by atoms with Crippen LogP contribution < -0.4 is 10.6 Å². The minimum Gasteiger partial charge on any atom is -0.315 e. The molecule has 0 atom stereocenters. The maximum Gasteiger partial charge on any atom is 0.0246 e. The maximum atomic E-state index is 3.47. The van der Waals surface area contributed by atoms with Crippen molar-refractivity contribution >= 4 is 0 Å². The van der Waals surface area contributed by atoms with E-state index in [1.165, 1.54) is 12.8 Å². The Bertz CT molecular complexity index is 119. The fraction of sp³-hybridized carbons (Fsp3) is 1.00. The Hall–Kier alpha value is -0.0800. The van der Waals surface area contributed by atoms with Gasteiger partial charge in [-0.15, -0.1) is 0 Å². The molecule has 80 valence electrons. The van der Waals surface area contributed by atoms with Gasteiger partial charge in [0.2, 0.25) is 0 Å². The van der Waals surface area contributed by atoms with Crippen molar-refractivity contribution in [3.05, 3.63) is 0 Å². The van der Waals surface area contributed by atoms with Gasteiger partial charge in [-0.25, -0.2) is 0 Å². The van der Waals surface area contributed by atoms with Crippen molar-refractivity contribution in [1.82, 2.24) is 10.6 Å². The number of rotatable bonds is 7. The van der Waals surface area contributed by atoms with Crippen molar-refractivity contribution in [3.8, 4) is 0 Å². The first-order valence-electron chi connectivity index (χ1n) is 5.37. The van der Waals surface area contributed by atoms with Gasteiger partial charge in [0, 0.05) is 12.1 Å². The summed E-state index contributed by atoms with van der Waals surface area (Å²) >= 11 is 0. The summed E-state index contributed by atoms with van der Waals surface area (Å²) in [5.74, 6) is 0.833. The van der Waals surface area contributed by atoms with Crippen LogP contribution in [0.25, 0.3) is 0 Å². The van der Waals surface area contributed by atoms with Crippen molar-refractivity contribution in [3.63, 3.8) is 0 Å². The molecule has 13 heavy (non-hydrogen) atoms. The molecule has 0 aromatic heterocycles. The van der Waals surface area contributed by atoms with Gasteiger partial charge in [-0.3, -0.25) is 0 Å². The predicted molar refractivity (Wildman–Crippen MR) is 60.1 cm³/mol. The van der Waals surface area contributed by atoms with E-state index >= 15 is 0 Å². The molecule has 0 amide bonds. The van der Waals surface area contributed by atoms with Crippen molar-refractivity contribution < 1.29 is 0 Å². The normalized spacial score (nSPS) is 12.5. The highest BCUT2D eigenvalue weighted by atomic mass is 15.0. The summed E-state index contributed by atoms with van der Waals surface area (Å²) in [6.45, 7) is 11.2. The molecule has 0 aliphatic rings. The predicted octanol–water partition coefficient (Wildman–Crippen LogP) is 2.01. The summed E-state index contributed by atoms with van der Waals surface area (Å²) in [6, 6.07) is 0. The van der Waals surface area contributed by atoms with Gasteiger partial charge in [0.05, 0.1) is 0 Å². The van der Waals surface area contributed by atoms with Gasteiger partial charge < -0.3 is 10.6 Å². The molecule has 2 N–H and O–H groups in total. The molecule has 0 bridgehead atoms. The molecule has 0 aliphatic carbocycles. The highest BCUT2D eigenvalue weighted by molar-refractivity contribution is 4.77. The summed E-state index contributed by atoms with van der Waals surface area (Å²) in [7, 11) is 2.01. The lowest BCUT2D eigenvalue weighted by Gasteiger charge is -2.24. The van der Waals surface area contributed by atoms with Gasteiger partial charge >= 0.3 is 0 Å². The van der Waals surface area contributed by atoms with E-state index in [0.29, 0.717) is 0 Å². The highest BCUT2D eigenvalue weighted by Crippen LogP contribution is 2.02. The van der Waals surface area contributed by atoms with E-state index in [0.717, 1.165) is 19.0 Å². The van der Waals surface area contributed by atoms with E-state index in [4.69, 9.17) is 0 Å². The molecule has 0 saturated heterocycles. The summed E-state index contributed by atoms with van der Waals surface area (Å²) in [6.07, 6.45) is 2.62. The van der Waals surface area contributed by atoms with Gasteiger partial charge in [-0.2, -0.15) is 0 Å². The van der Waals surface area contributed by atoms with Crippen LogP contribution in [0.4, 0.5) is 0 Å². The van der Waals surface area contributed by atoms with Crippen molar-refractivity contribution in [2.45, 2.75) is 46.1 Å². The van der Waals surface area contributed by atoms with Crippen LogP contribution in [0, 0.1) is 5.92 Å². The van der Waals surface area contributed by atoms with Crippen LogP contribution in [0.15, 0.2) is 0 Å². The van der Waals surface area contributed by atoms with Crippen molar-refractivity contribution in [2.75, 3.05) is 20.1 Å². The minimum atomic E-state index is 0.220. The van der Waals surface area contributed by atoms with Gasteiger partial charge in [0.25, 0.3) is 0 Å². The number of nitrogens with one attached hydrogen (secondary N) is 2. The van der Waals surface area contributed by atoms with Crippen LogP contribution in [0.5, 0.6) is 0 Å². The van der Waals surface area contributed by atoms with Gasteiger partial charge in [-0.05, 0) is 46.2 Å². The lowest BCUT2D eigenvalue weighted by atomic mass is 10.1. The Labute approximate surface area is 83.5 Å². The Morgan fingerprint density at radius 3 is 2.31 bits per heavy atom. The second-order valence-electron chi connectivity index (χ2n) is 4.85. The second-order valence-corrected chi connectivity index (χ2v) is 4.85.